The van der Waals surface area contributed by atoms with E-state index in [0.29, 0.717) is 0 Å². The number of ether oxygens (including phenoxy) is 1. The number of rotatable bonds is 1. The lowest BCUT2D eigenvalue weighted by molar-refractivity contribution is 0.415. The number of hydrogen-bond acceptors (Lipinski definition) is 3. The van der Waals surface area contributed by atoms with Crippen LogP contribution in [0.3, 0.4) is 0 Å². The fourth-order valence-electron chi connectivity index (χ4n) is 1.39. The van der Waals surface area contributed by atoms with Crippen LogP contribution in [0.2, 0.25) is 0 Å². The molecule has 0 spiro atoms. The van der Waals surface area contributed by atoms with Crippen molar-refractivity contribution in [3.63, 3.8) is 0 Å². The van der Waals surface area contributed by atoms with Gasteiger partial charge in [0.2, 0.25) is 0 Å². The van der Waals surface area contributed by atoms with Crippen LogP contribution in [-0.2, 0) is 0 Å². The van der Waals surface area contributed by atoms with Crippen molar-refractivity contribution < 1.29 is 9.84 Å². The molecule has 72 valence electrons. The van der Waals surface area contributed by atoms with Crippen LogP contribution in [0.15, 0.2) is 24.4 Å². The summed E-state index contributed by atoms with van der Waals surface area (Å²) in [6, 6.07) is 5.42. The van der Waals surface area contributed by atoms with Crippen LogP contribution in [-0.4, -0.2) is 17.2 Å². The quantitative estimate of drug-likeness (QED) is 0.748. The molecular formula is C11H11NO2. The second-order valence-corrected chi connectivity index (χ2v) is 3.17. The molecule has 0 aliphatic carbocycles. The monoisotopic (exact) mass is 189 g/mol. The largest absolute Gasteiger partial charge is 0.507 e. The number of aromatic nitrogens is 1. The van der Waals surface area contributed by atoms with Crippen molar-refractivity contribution in [1.29, 1.82) is 0 Å². The minimum Gasteiger partial charge on any atom is -0.507 e. The molecule has 1 aromatic heterocycles. The van der Waals surface area contributed by atoms with E-state index in [0.717, 1.165) is 22.2 Å². The number of aryl methyl sites for hydroxylation is 1. The highest BCUT2D eigenvalue weighted by atomic mass is 16.5. The van der Waals surface area contributed by atoms with E-state index in [1.165, 1.54) is 0 Å². The minimum absolute atomic E-state index is 0.289. The zero-order valence-electron chi connectivity index (χ0n) is 8.11. The molecule has 2 rings (SSSR count). The van der Waals surface area contributed by atoms with Crippen LogP contribution >= 0.6 is 0 Å². The zero-order valence-corrected chi connectivity index (χ0v) is 8.11. The molecule has 3 heteroatoms. The lowest BCUT2D eigenvalue weighted by Crippen LogP contribution is -1.86. The number of nitrogens with zero attached hydrogens (tertiary/aromatic N) is 1. The van der Waals surface area contributed by atoms with E-state index < -0.39 is 0 Å². The Morgan fingerprint density at radius 1 is 1.36 bits per heavy atom. The summed E-state index contributed by atoms with van der Waals surface area (Å²) < 4.78 is 5.07. The molecule has 1 heterocycles. The van der Waals surface area contributed by atoms with Crippen molar-refractivity contribution in [3.05, 3.63) is 30.0 Å². The number of methoxy groups -OCH3 is 1. The molecule has 0 saturated heterocycles. The molecule has 0 atom stereocenters. The number of fused-ring (bicyclic) bond motifs is 1. The molecule has 1 N–H and O–H groups in total. The Kier molecular flexibility index (Phi) is 2.00. The summed E-state index contributed by atoms with van der Waals surface area (Å²) in [5.41, 5.74) is 1.52. The van der Waals surface area contributed by atoms with Crippen molar-refractivity contribution in [2.24, 2.45) is 0 Å². The Morgan fingerprint density at radius 2 is 2.14 bits per heavy atom. The molecule has 0 fully saturated rings. The van der Waals surface area contributed by atoms with Gasteiger partial charge in [0, 0.05) is 23.2 Å². The SMILES string of the molecule is COc1ccc2c(O)c(C)cnc2c1. The van der Waals surface area contributed by atoms with Gasteiger partial charge in [-0.2, -0.15) is 0 Å². The Balaban J connectivity index is 2.74. The third-order valence-corrected chi connectivity index (χ3v) is 2.23. The first-order valence-electron chi connectivity index (χ1n) is 4.34. The third kappa shape index (κ3) is 1.27. The maximum atomic E-state index is 9.74. The van der Waals surface area contributed by atoms with Crippen LogP contribution < -0.4 is 4.74 Å². The van der Waals surface area contributed by atoms with Gasteiger partial charge in [0.15, 0.2) is 0 Å². The molecule has 1 aromatic carbocycles. The van der Waals surface area contributed by atoms with Gasteiger partial charge < -0.3 is 9.84 Å². The lowest BCUT2D eigenvalue weighted by atomic mass is 10.1. The first-order valence-corrected chi connectivity index (χ1v) is 4.34. The molecule has 2 aromatic rings. The predicted molar refractivity (Wildman–Crippen MR) is 54.7 cm³/mol. The zero-order chi connectivity index (χ0) is 10.1. The summed E-state index contributed by atoms with van der Waals surface area (Å²) in [7, 11) is 1.61. The van der Waals surface area contributed by atoms with E-state index in [2.05, 4.69) is 4.98 Å². The van der Waals surface area contributed by atoms with Gasteiger partial charge in [-0.25, -0.2) is 0 Å². The standard InChI is InChI=1S/C11H11NO2/c1-7-6-12-10-5-8(14-2)3-4-9(10)11(7)13/h3-6H,1-2H3,(H,12,13). The molecule has 14 heavy (non-hydrogen) atoms. The van der Waals surface area contributed by atoms with Crippen LogP contribution in [0, 0.1) is 6.92 Å². The van der Waals surface area contributed by atoms with E-state index >= 15 is 0 Å². The number of hydrogen-bond donors (Lipinski definition) is 1. The highest BCUT2D eigenvalue weighted by Crippen LogP contribution is 2.28. The van der Waals surface area contributed by atoms with Crippen molar-refractivity contribution in [2.45, 2.75) is 6.92 Å². The second kappa shape index (κ2) is 3.18. The van der Waals surface area contributed by atoms with Crippen molar-refractivity contribution in [2.75, 3.05) is 7.11 Å². The average Bonchev–Trinajstić information content (AvgIpc) is 2.23. The third-order valence-electron chi connectivity index (χ3n) is 2.23. The number of pyridine rings is 1. The van der Waals surface area contributed by atoms with Gasteiger partial charge in [-0.3, -0.25) is 4.98 Å². The summed E-state index contributed by atoms with van der Waals surface area (Å²) in [6.45, 7) is 1.83. The van der Waals surface area contributed by atoms with E-state index in [4.69, 9.17) is 4.74 Å². The fourth-order valence-corrected chi connectivity index (χ4v) is 1.39. The van der Waals surface area contributed by atoms with Gasteiger partial charge in [-0.05, 0) is 19.1 Å². The highest BCUT2D eigenvalue weighted by Gasteiger charge is 2.04. The number of aromatic hydroxyl groups is 1. The van der Waals surface area contributed by atoms with Gasteiger partial charge in [-0.15, -0.1) is 0 Å². The summed E-state index contributed by atoms with van der Waals surface area (Å²) in [5.74, 6) is 1.03. The normalized spacial score (nSPS) is 10.4. The minimum atomic E-state index is 0.289. The maximum Gasteiger partial charge on any atom is 0.129 e. The van der Waals surface area contributed by atoms with Gasteiger partial charge in [-0.1, -0.05) is 0 Å². The smallest absolute Gasteiger partial charge is 0.129 e. The highest BCUT2D eigenvalue weighted by molar-refractivity contribution is 5.86. The van der Waals surface area contributed by atoms with Crippen molar-refractivity contribution in [1.82, 2.24) is 4.98 Å². The lowest BCUT2D eigenvalue weighted by Gasteiger charge is -2.05. The van der Waals surface area contributed by atoms with Crippen molar-refractivity contribution >= 4 is 10.9 Å². The molecule has 0 radical (unpaired) electrons. The average molecular weight is 189 g/mol. The summed E-state index contributed by atoms with van der Waals surface area (Å²) >= 11 is 0. The molecule has 0 bridgehead atoms. The van der Waals surface area contributed by atoms with Crippen LogP contribution in [0.5, 0.6) is 11.5 Å². The molecule has 0 unspecified atom stereocenters. The Hall–Kier alpha value is -1.77. The predicted octanol–water partition coefficient (Wildman–Crippen LogP) is 2.26. The van der Waals surface area contributed by atoms with E-state index in [1.807, 2.05) is 19.1 Å². The van der Waals surface area contributed by atoms with E-state index in [-0.39, 0.29) is 5.75 Å². The van der Waals surface area contributed by atoms with E-state index in [9.17, 15) is 5.11 Å². The molecule has 0 saturated carbocycles. The Bertz CT molecular complexity index is 480. The Labute approximate surface area is 82.0 Å². The molecule has 0 aliphatic heterocycles. The van der Waals surface area contributed by atoms with Gasteiger partial charge in [0.25, 0.3) is 0 Å². The topological polar surface area (TPSA) is 42.4 Å². The second-order valence-electron chi connectivity index (χ2n) is 3.17. The number of benzene rings is 1. The van der Waals surface area contributed by atoms with Gasteiger partial charge in [0.05, 0.1) is 12.6 Å². The maximum absolute atomic E-state index is 9.74. The molecular weight excluding hydrogens is 178 g/mol. The van der Waals surface area contributed by atoms with Gasteiger partial charge in [0.1, 0.15) is 11.5 Å². The van der Waals surface area contributed by atoms with Crippen LogP contribution in [0.1, 0.15) is 5.56 Å². The first kappa shape index (κ1) is 8.81. The Morgan fingerprint density at radius 3 is 2.86 bits per heavy atom. The molecule has 0 aliphatic rings. The van der Waals surface area contributed by atoms with E-state index in [1.54, 1.807) is 19.4 Å². The summed E-state index contributed by atoms with van der Waals surface area (Å²) in [5, 5.41) is 10.5. The fraction of sp³-hybridized carbons (Fsp3) is 0.182. The summed E-state index contributed by atoms with van der Waals surface area (Å²) in [6.07, 6.45) is 1.65. The van der Waals surface area contributed by atoms with Crippen molar-refractivity contribution in [3.8, 4) is 11.5 Å². The van der Waals surface area contributed by atoms with Crippen LogP contribution in [0.25, 0.3) is 10.9 Å². The summed E-state index contributed by atoms with van der Waals surface area (Å²) in [4.78, 5) is 4.21. The molecule has 0 amide bonds. The molecule has 3 nitrogen and oxygen atoms in total. The van der Waals surface area contributed by atoms with Crippen LogP contribution in [0.4, 0.5) is 0 Å². The first-order chi connectivity index (χ1) is 6.72. The van der Waals surface area contributed by atoms with Gasteiger partial charge >= 0.3 is 0 Å².